The van der Waals surface area contributed by atoms with Crippen LogP contribution in [0, 0.1) is 6.57 Å². The molecular formula is C23H18N8O. The van der Waals surface area contributed by atoms with Crippen molar-refractivity contribution in [3.63, 3.8) is 0 Å². The molecule has 0 atom stereocenters. The molecule has 0 saturated heterocycles. The zero-order chi connectivity index (χ0) is 22.1. The summed E-state index contributed by atoms with van der Waals surface area (Å²) in [5.74, 6) is 1.30. The molecule has 0 saturated carbocycles. The van der Waals surface area contributed by atoms with E-state index in [0.29, 0.717) is 47.0 Å². The summed E-state index contributed by atoms with van der Waals surface area (Å²) in [6.45, 7) is 9.36. The van der Waals surface area contributed by atoms with Gasteiger partial charge in [-0.15, -0.1) is 5.10 Å². The molecule has 0 bridgehead atoms. The molecule has 5 rings (SSSR count). The molecule has 0 aliphatic heterocycles. The molecular weight excluding hydrogens is 404 g/mol. The van der Waals surface area contributed by atoms with Gasteiger partial charge in [-0.3, -0.25) is 4.98 Å². The molecule has 0 aliphatic carbocycles. The number of anilines is 1. The lowest BCUT2D eigenvalue weighted by molar-refractivity contribution is 0.571. The summed E-state index contributed by atoms with van der Waals surface area (Å²) in [4.78, 5) is 21.6. The van der Waals surface area contributed by atoms with Crippen LogP contribution in [0.1, 0.15) is 24.1 Å². The molecule has 0 radical (unpaired) electrons. The molecule has 0 spiro atoms. The van der Waals surface area contributed by atoms with E-state index in [1.54, 1.807) is 18.3 Å². The van der Waals surface area contributed by atoms with E-state index in [2.05, 4.69) is 24.9 Å². The van der Waals surface area contributed by atoms with Crippen LogP contribution in [0.3, 0.4) is 0 Å². The molecule has 2 N–H and O–H groups in total. The minimum atomic E-state index is 0.185. The molecule has 32 heavy (non-hydrogen) atoms. The third-order valence-electron chi connectivity index (χ3n) is 5.07. The third-order valence-corrected chi connectivity index (χ3v) is 5.07. The first-order chi connectivity index (χ1) is 15.7. The minimum Gasteiger partial charge on any atom is -0.443 e. The smallest absolute Gasteiger partial charge is 0.223 e. The summed E-state index contributed by atoms with van der Waals surface area (Å²) >= 11 is 0. The predicted octanol–water partition coefficient (Wildman–Crippen LogP) is 4.13. The van der Waals surface area contributed by atoms with Gasteiger partial charge in [0.25, 0.3) is 0 Å². The van der Waals surface area contributed by atoms with E-state index in [9.17, 15) is 0 Å². The first kappa shape index (κ1) is 19.4. The second kappa shape index (κ2) is 7.92. The monoisotopic (exact) mass is 422 g/mol. The molecule has 1 aromatic carbocycles. The van der Waals surface area contributed by atoms with E-state index >= 15 is 0 Å². The van der Waals surface area contributed by atoms with Crippen molar-refractivity contribution in [1.29, 1.82) is 0 Å². The molecule has 4 heterocycles. The molecule has 0 amide bonds. The highest BCUT2D eigenvalue weighted by Crippen LogP contribution is 2.37. The Morgan fingerprint density at radius 1 is 1.12 bits per heavy atom. The summed E-state index contributed by atoms with van der Waals surface area (Å²) in [6.07, 6.45) is 4.25. The summed E-state index contributed by atoms with van der Waals surface area (Å²) in [7, 11) is 0. The summed E-state index contributed by atoms with van der Waals surface area (Å²) in [6, 6.07) is 12.9. The van der Waals surface area contributed by atoms with Gasteiger partial charge < -0.3 is 10.2 Å². The third kappa shape index (κ3) is 3.33. The van der Waals surface area contributed by atoms with E-state index in [1.807, 2.05) is 37.3 Å². The number of fused-ring (bicyclic) bond motifs is 1. The highest BCUT2D eigenvalue weighted by atomic mass is 16.3. The summed E-state index contributed by atoms with van der Waals surface area (Å²) in [5.41, 5.74) is 10.8. The number of hydrogen-bond donors (Lipinski definition) is 1. The van der Waals surface area contributed by atoms with Crippen molar-refractivity contribution in [1.82, 2.24) is 29.5 Å². The van der Waals surface area contributed by atoms with Crippen molar-refractivity contribution in [2.24, 2.45) is 0 Å². The van der Waals surface area contributed by atoms with Gasteiger partial charge in [-0.05, 0) is 30.2 Å². The van der Waals surface area contributed by atoms with Crippen LogP contribution in [0.2, 0.25) is 0 Å². The average Bonchev–Trinajstić information content (AvgIpc) is 3.47. The van der Waals surface area contributed by atoms with Crippen molar-refractivity contribution in [3.8, 4) is 22.6 Å². The number of nitrogens with two attached hydrogens (primary N) is 1. The van der Waals surface area contributed by atoms with E-state index in [-0.39, 0.29) is 5.95 Å². The number of hydrogen-bond acceptors (Lipinski definition) is 7. The average molecular weight is 422 g/mol. The standard InChI is InChI=1S/C23H18N8O/c1-3-17-21(32-13-27-17)19-20(14-7-6-9-15(11-14)25-2)29-23(24)31-22(19)28-18(30-31)12-16-8-4-5-10-26-16/h4-11,13H,3,12H2,1H3,(H2,24,29). The SMILES string of the molecule is [C-]#[N+]c1cccc(-c2nc(N)n3nc(Cc4ccccn4)nc3c2-c2ocnc2CC)c1. The maximum Gasteiger partial charge on any atom is 0.223 e. The van der Waals surface area contributed by atoms with Gasteiger partial charge in [0.1, 0.15) is 0 Å². The van der Waals surface area contributed by atoms with Gasteiger partial charge >= 0.3 is 0 Å². The fraction of sp³-hybridized carbons (Fsp3) is 0.130. The second-order valence-electron chi connectivity index (χ2n) is 7.10. The van der Waals surface area contributed by atoms with Gasteiger partial charge in [0.15, 0.2) is 29.3 Å². The molecule has 9 nitrogen and oxygen atoms in total. The highest BCUT2D eigenvalue weighted by molar-refractivity contribution is 5.90. The molecule has 4 aromatic heterocycles. The predicted molar refractivity (Wildman–Crippen MR) is 119 cm³/mol. The number of rotatable bonds is 5. The number of aryl methyl sites for hydroxylation is 1. The number of pyridine rings is 1. The van der Waals surface area contributed by atoms with E-state index in [0.717, 1.165) is 17.0 Å². The zero-order valence-electron chi connectivity index (χ0n) is 17.2. The van der Waals surface area contributed by atoms with Crippen LogP contribution in [0.5, 0.6) is 0 Å². The van der Waals surface area contributed by atoms with Crippen molar-refractivity contribution in [2.45, 2.75) is 19.8 Å². The Labute approximate surface area is 183 Å². The van der Waals surface area contributed by atoms with Crippen LogP contribution in [0.25, 0.3) is 33.1 Å². The van der Waals surface area contributed by atoms with Crippen LogP contribution in [-0.4, -0.2) is 29.5 Å². The fourth-order valence-electron chi connectivity index (χ4n) is 3.60. The first-order valence-electron chi connectivity index (χ1n) is 10.0. The van der Waals surface area contributed by atoms with Gasteiger partial charge in [0.2, 0.25) is 5.95 Å². The van der Waals surface area contributed by atoms with Gasteiger partial charge in [-0.1, -0.05) is 31.2 Å². The number of benzene rings is 1. The van der Waals surface area contributed by atoms with Gasteiger partial charge in [0.05, 0.1) is 29.9 Å². The van der Waals surface area contributed by atoms with Crippen molar-refractivity contribution >= 4 is 17.3 Å². The second-order valence-corrected chi connectivity index (χ2v) is 7.10. The quantitative estimate of drug-likeness (QED) is 0.424. The van der Waals surface area contributed by atoms with Gasteiger partial charge in [0, 0.05) is 11.9 Å². The Hall–Kier alpha value is -4.58. The van der Waals surface area contributed by atoms with Crippen molar-refractivity contribution in [2.75, 3.05) is 5.73 Å². The number of nitrogen functional groups attached to an aromatic ring is 1. The maximum atomic E-state index is 7.36. The van der Waals surface area contributed by atoms with Crippen LogP contribution in [-0.2, 0) is 12.8 Å². The van der Waals surface area contributed by atoms with E-state index in [1.165, 1.54) is 10.9 Å². The number of oxazole rings is 1. The normalized spacial score (nSPS) is 11.0. The van der Waals surface area contributed by atoms with E-state index < -0.39 is 0 Å². The molecule has 5 aromatic rings. The van der Waals surface area contributed by atoms with Crippen molar-refractivity contribution < 1.29 is 4.42 Å². The maximum absolute atomic E-state index is 7.36. The van der Waals surface area contributed by atoms with Gasteiger partial charge in [-0.25, -0.2) is 19.8 Å². The Morgan fingerprint density at radius 3 is 2.81 bits per heavy atom. The molecule has 0 aliphatic rings. The van der Waals surface area contributed by atoms with Crippen LogP contribution in [0.15, 0.2) is 59.5 Å². The topological polar surface area (TPSA) is 112 Å². The summed E-state index contributed by atoms with van der Waals surface area (Å²) in [5, 5.41) is 4.57. The molecule has 9 heteroatoms. The number of aromatic nitrogens is 6. The van der Waals surface area contributed by atoms with Crippen molar-refractivity contribution in [3.05, 3.63) is 83.7 Å². The Bertz CT molecular complexity index is 1460. The Morgan fingerprint density at radius 2 is 2.03 bits per heavy atom. The lowest BCUT2D eigenvalue weighted by Crippen LogP contribution is -2.06. The molecule has 156 valence electrons. The van der Waals surface area contributed by atoms with Crippen LogP contribution in [0.4, 0.5) is 11.6 Å². The highest BCUT2D eigenvalue weighted by Gasteiger charge is 2.24. The van der Waals surface area contributed by atoms with Gasteiger partial charge in [-0.2, -0.15) is 4.52 Å². The lowest BCUT2D eigenvalue weighted by atomic mass is 10.0. The molecule has 0 fully saturated rings. The fourth-order valence-corrected chi connectivity index (χ4v) is 3.60. The summed E-state index contributed by atoms with van der Waals surface area (Å²) < 4.78 is 7.30. The zero-order valence-corrected chi connectivity index (χ0v) is 17.2. The first-order valence-corrected chi connectivity index (χ1v) is 10.0. The lowest BCUT2D eigenvalue weighted by Gasteiger charge is -2.11. The Kier molecular flexibility index (Phi) is 4.80. The Balaban J connectivity index is 1.78. The minimum absolute atomic E-state index is 0.185. The van der Waals surface area contributed by atoms with Crippen LogP contribution < -0.4 is 5.73 Å². The number of nitrogens with zero attached hydrogens (tertiary/aromatic N) is 7. The van der Waals surface area contributed by atoms with E-state index in [4.69, 9.17) is 21.7 Å². The largest absolute Gasteiger partial charge is 0.443 e. The molecule has 0 unspecified atom stereocenters. The van der Waals surface area contributed by atoms with Crippen LogP contribution >= 0.6 is 0 Å².